The Morgan fingerprint density at radius 2 is 2.05 bits per heavy atom. The minimum absolute atomic E-state index is 0.215. The Morgan fingerprint density at radius 3 is 2.79 bits per heavy atom. The van der Waals surface area contributed by atoms with Gasteiger partial charge in [0.1, 0.15) is 6.61 Å². The van der Waals surface area contributed by atoms with Crippen molar-refractivity contribution < 1.29 is 9.53 Å². The Balaban J connectivity index is 2.07. The molecule has 0 saturated carbocycles. The van der Waals surface area contributed by atoms with Crippen LogP contribution in [0, 0.1) is 6.92 Å². The van der Waals surface area contributed by atoms with Crippen molar-refractivity contribution in [2.75, 3.05) is 5.73 Å². The topological polar surface area (TPSA) is 52.3 Å². The quantitative estimate of drug-likeness (QED) is 0.688. The number of aryl methyl sites for hydroxylation is 1. The molecule has 3 nitrogen and oxygen atoms in total. The van der Waals surface area contributed by atoms with Gasteiger partial charge in [-0.05, 0) is 30.7 Å². The number of rotatable bonds is 3. The van der Waals surface area contributed by atoms with E-state index in [9.17, 15) is 4.79 Å². The van der Waals surface area contributed by atoms with Gasteiger partial charge in [-0.2, -0.15) is 0 Å². The van der Waals surface area contributed by atoms with Gasteiger partial charge in [0.05, 0.1) is 5.56 Å². The molecule has 0 heterocycles. The van der Waals surface area contributed by atoms with Gasteiger partial charge >= 0.3 is 5.97 Å². The van der Waals surface area contributed by atoms with Gasteiger partial charge in [0.2, 0.25) is 0 Å². The number of hydrogen-bond acceptors (Lipinski definition) is 3. The highest BCUT2D eigenvalue weighted by molar-refractivity contribution is 6.31. The number of benzene rings is 2. The van der Waals surface area contributed by atoms with E-state index in [1.807, 2.05) is 31.2 Å². The molecule has 19 heavy (non-hydrogen) atoms. The first kappa shape index (κ1) is 13.4. The smallest absolute Gasteiger partial charge is 0.340 e. The molecule has 0 spiro atoms. The van der Waals surface area contributed by atoms with Gasteiger partial charge in [0.25, 0.3) is 0 Å². The molecule has 0 radical (unpaired) electrons. The van der Waals surface area contributed by atoms with E-state index in [4.69, 9.17) is 22.1 Å². The third-order valence-electron chi connectivity index (χ3n) is 2.69. The van der Waals surface area contributed by atoms with Crippen molar-refractivity contribution in [3.63, 3.8) is 0 Å². The van der Waals surface area contributed by atoms with Crippen LogP contribution in [0.25, 0.3) is 0 Å². The first-order valence-corrected chi connectivity index (χ1v) is 6.22. The summed E-state index contributed by atoms with van der Waals surface area (Å²) in [6.45, 7) is 2.20. The molecule has 2 rings (SSSR count). The predicted octanol–water partition coefficient (Wildman–Crippen LogP) is 3.59. The molecule has 0 unspecified atom stereocenters. The predicted molar refractivity (Wildman–Crippen MR) is 76.2 cm³/mol. The van der Waals surface area contributed by atoms with Crippen LogP contribution in [0.4, 0.5) is 5.69 Å². The van der Waals surface area contributed by atoms with Gasteiger partial charge in [-0.15, -0.1) is 0 Å². The molecule has 4 heteroatoms. The molecule has 0 aliphatic rings. The second-order valence-electron chi connectivity index (χ2n) is 4.30. The standard InChI is InChI=1S/C15H14ClNO2/c1-10-3-2-4-11(7-10)9-19-15(18)13-8-12(16)5-6-14(13)17/h2-8H,9,17H2,1H3. The summed E-state index contributed by atoms with van der Waals surface area (Å²) in [6.07, 6.45) is 0. The van der Waals surface area contributed by atoms with Crippen LogP contribution in [0.1, 0.15) is 21.5 Å². The van der Waals surface area contributed by atoms with Crippen LogP contribution in [0.5, 0.6) is 0 Å². The highest BCUT2D eigenvalue weighted by atomic mass is 35.5. The fourth-order valence-corrected chi connectivity index (χ4v) is 1.91. The van der Waals surface area contributed by atoms with Gasteiger partial charge in [-0.25, -0.2) is 4.79 Å². The maximum absolute atomic E-state index is 11.9. The van der Waals surface area contributed by atoms with Crippen molar-refractivity contribution >= 4 is 23.3 Å². The largest absolute Gasteiger partial charge is 0.457 e. The van der Waals surface area contributed by atoms with Gasteiger partial charge < -0.3 is 10.5 Å². The van der Waals surface area contributed by atoms with E-state index < -0.39 is 5.97 Å². The summed E-state index contributed by atoms with van der Waals surface area (Å²) in [5.74, 6) is -0.471. The summed E-state index contributed by atoms with van der Waals surface area (Å²) < 4.78 is 5.23. The van der Waals surface area contributed by atoms with Crippen molar-refractivity contribution in [3.05, 3.63) is 64.2 Å². The molecule has 98 valence electrons. The molecule has 0 fully saturated rings. The molecule has 0 aliphatic heterocycles. The van der Waals surface area contributed by atoms with Crippen LogP contribution in [0.15, 0.2) is 42.5 Å². The summed E-state index contributed by atoms with van der Waals surface area (Å²) in [7, 11) is 0. The van der Waals surface area contributed by atoms with Gasteiger partial charge in [0, 0.05) is 10.7 Å². The molecule has 0 aromatic heterocycles. The maximum atomic E-state index is 11.9. The second kappa shape index (κ2) is 5.76. The molecule has 2 aromatic carbocycles. The molecule has 0 aliphatic carbocycles. The lowest BCUT2D eigenvalue weighted by atomic mass is 10.1. The lowest BCUT2D eigenvalue weighted by Gasteiger charge is -2.08. The van der Waals surface area contributed by atoms with Crippen LogP contribution in [-0.2, 0) is 11.3 Å². The van der Waals surface area contributed by atoms with Crippen molar-refractivity contribution in [1.29, 1.82) is 0 Å². The first-order chi connectivity index (χ1) is 9.06. The average molecular weight is 276 g/mol. The summed E-state index contributed by atoms with van der Waals surface area (Å²) in [5.41, 5.74) is 8.44. The number of nitrogens with two attached hydrogens (primary N) is 1. The molecular formula is C15H14ClNO2. The number of ether oxygens (including phenoxy) is 1. The Kier molecular flexibility index (Phi) is 4.07. The monoisotopic (exact) mass is 275 g/mol. The number of anilines is 1. The normalized spacial score (nSPS) is 10.2. The number of nitrogen functional groups attached to an aromatic ring is 1. The van der Waals surface area contributed by atoms with E-state index in [1.165, 1.54) is 6.07 Å². The summed E-state index contributed by atoms with van der Waals surface area (Å²) >= 11 is 5.84. The fourth-order valence-electron chi connectivity index (χ4n) is 1.73. The summed E-state index contributed by atoms with van der Waals surface area (Å²) in [5, 5.41) is 0.455. The molecule has 0 saturated heterocycles. The first-order valence-electron chi connectivity index (χ1n) is 5.84. The van der Waals surface area contributed by atoms with Crippen molar-refractivity contribution in [2.24, 2.45) is 0 Å². The average Bonchev–Trinajstić information content (AvgIpc) is 2.39. The maximum Gasteiger partial charge on any atom is 0.340 e. The molecule has 2 N–H and O–H groups in total. The van der Waals surface area contributed by atoms with E-state index in [0.717, 1.165) is 11.1 Å². The number of esters is 1. The zero-order valence-electron chi connectivity index (χ0n) is 10.5. The molecular weight excluding hydrogens is 262 g/mol. The van der Waals surface area contributed by atoms with Crippen LogP contribution >= 0.6 is 11.6 Å². The van der Waals surface area contributed by atoms with Crippen molar-refractivity contribution in [2.45, 2.75) is 13.5 Å². The summed E-state index contributed by atoms with van der Waals surface area (Å²) in [6, 6.07) is 12.5. The lowest BCUT2D eigenvalue weighted by Crippen LogP contribution is -2.08. The zero-order valence-corrected chi connectivity index (χ0v) is 11.3. The Labute approximate surface area is 117 Å². The van der Waals surface area contributed by atoms with E-state index >= 15 is 0 Å². The second-order valence-corrected chi connectivity index (χ2v) is 4.73. The third-order valence-corrected chi connectivity index (χ3v) is 2.92. The molecule has 2 aromatic rings. The minimum atomic E-state index is -0.471. The Bertz CT molecular complexity index is 611. The Hall–Kier alpha value is -2.00. The van der Waals surface area contributed by atoms with Crippen LogP contribution in [0.2, 0.25) is 5.02 Å². The van der Waals surface area contributed by atoms with Gasteiger partial charge in [0.15, 0.2) is 0 Å². The van der Waals surface area contributed by atoms with Crippen molar-refractivity contribution in [1.82, 2.24) is 0 Å². The van der Waals surface area contributed by atoms with E-state index in [-0.39, 0.29) is 6.61 Å². The van der Waals surface area contributed by atoms with Gasteiger partial charge in [-0.3, -0.25) is 0 Å². The van der Waals surface area contributed by atoms with Crippen LogP contribution in [0.3, 0.4) is 0 Å². The molecule has 0 amide bonds. The number of hydrogen-bond donors (Lipinski definition) is 1. The molecule has 0 atom stereocenters. The lowest BCUT2D eigenvalue weighted by molar-refractivity contribution is 0.0474. The molecule has 0 bridgehead atoms. The highest BCUT2D eigenvalue weighted by Gasteiger charge is 2.12. The van der Waals surface area contributed by atoms with Crippen LogP contribution < -0.4 is 5.73 Å². The van der Waals surface area contributed by atoms with E-state index in [2.05, 4.69) is 0 Å². The fraction of sp³-hybridized carbons (Fsp3) is 0.133. The number of carbonyl (C=O) groups excluding carboxylic acids is 1. The third kappa shape index (κ3) is 3.48. The van der Waals surface area contributed by atoms with E-state index in [1.54, 1.807) is 12.1 Å². The van der Waals surface area contributed by atoms with Crippen molar-refractivity contribution in [3.8, 4) is 0 Å². The highest BCUT2D eigenvalue weighted by Crippen LogP contribution is 2.19. The van der Waals surface area contributed by atoms with E-state index in [0.29, 0.717) is 16.3 Å². The van der Waals surface area contributed by atoms with Gasteiger partial charge in [-0.1, -0.05) is 41.4 Å². The minimum Gasteiger partial charge on any atom is -0.457 e. The zero-order chi connectivity index (χ0) is 13.8. The Morgan fingerprint density at radius 1 is 1.26 bits per heavy atom. The summed E-state index contributed by atoms with van der Waals surface area (Å²) in [4.78, 5) is 11.9. The number of halogens is 1. The number of carbonyl (C=O) groups is 1. The van der Waals surface area contributed by atoms with Crippen LogP contribution in [-0.4, -0.2) is 5.97 Å². The SMILES string of the molecule is Cc1cccc(COC(=O)c2cc(Cl)ccc2N)c1.